The molecule has 0 radical (unpaired) electrons. The summed E-state index contributed by atoms with van der Waals surface area (Å²) < 4.78 is 0. The molecule has 0 aliphatic heterocycles. The maximum atomic E-state index is 11.1. The van der Waals surface area contributed by atoms with Gasteiger partial charge in [-0.05, 0) is 6.42 Å². The van der Waals surface area contributed by atoms with Crippen LogP contribution >= 0.6 is 0 Å². The molecule has 0 aliphatic carbocycles. The number of amides is 1. The highest BCUT2D eigenvalue weighted by molar-refractivity contribution is 5.86. The number of ketones is 1. The summed E-state index contributed by atoms with van der Waals surface area (Å²) in [6, 6.07) is 0. The Morgan fingerprint density at radius 3 is 2.36 bits per heavy atom. The highest BCUT2D eigenvalue weighted by Gasteiger charge is 2.13. The summed E-state index contributed by atoms with van der Waals surface area (Å²) in [6.45, 7) is 3.68. The third-order valence-electron chi connectivity index (χ3n) is 1.55. The van der Waals surface area contributed by atoms with E-state index < -0.39 is 5.91 Å². The molecule has 1 amide bonds. The number of Topliss-reactive ketones (excluding diaryl/α,β-unsaturated/α-hetero) is 1. The van der Waals surface area contributed by atoms with Crippen LogP contribution in [0.2, 0.25) is 0 Å². The second-order valence-electron chi connectivity index (χ2n) is 2.79. The molecular weight excluding hydrogens is 142 g/mol. The van der Waals surface area contributed by atoms with Crippen LogP contribution < -0.4 is 5.73 Å². The van der Waals surface area contributed by atoms with Crippen LogP contribution in [0.4, 0.5) is 0 Å². The number of carbonyl (C=O) groups excluding carboxylic acids is 2. The van der Waals surface area contributed by atoms with Crippen LogP contribution in [0.15, 0.2) is 0 Å². The molecule has 0 aromatic heterocycles. The van der Waals surface area contributed by atoms with Gasteiger partial charge in [0.2, 0.25) is 5.91 Å². The molecule has 0 heterocycles. The number of hydrogen-bond acceptors (Lipinski definition) is 2. The molecular formula is C8H15NO2. The fourth-order valence-electron chi connectivity index (χ4n) is 0.908. The van der Waals surface area contributed by atoms with Crippen molar-refractivity contribution in [3.05, 3.63) is 0 Å². The molecule has 0 aromatic rings. The highest BCUT2D eigenvalue weighted by Crippen LogP contribution is 2.06. The lowest BCUT2D eigenvalue weighted by molar-refractivity contribution is -0.127. The zero-order valence-electron chi connectivity index (χ0n) is 7.09. The van der Waals surface area contributed by atoms with Crippen LogP contribution in [0.5, 0.6) is 0 Å². The van der Waals surface area contributed by atoms with E-state index in [0.717, 1.165) is 6.42 Å². The van der Waals surface area contributed by atoms with Crippen molar-refractivity contribution in [2.24, 2.45) is 11.7 Å². The van der Waals surface area contributed by atoms with Gasteiger partial charge in [-0.3, -0.25) is 9.59 Å². The zero-order chi connectivity index (χ0) is 8.85. The van der Waals surface area contributed by atoms with Gasteiger partial charge < -0.3 is 5.73 Å². The van der Waals surface area contributed by atoms with Crippen LogP contribution in [0, 0.1) is 5.92 Å². The maximum absolute atomic E-state index is 11.1. The van der Waals surface area contributed by atoms with Crippen molar-refractivity contribution in [3.63, 3.8) is 0 Å². The Balaban J connectivity index is 3.73. The third kappa shape index (κ3) is 4.53. The lowest BCUT2D eigenvalue weighted by Crippen LogP contribution is -2.20. The van der Waals surface area contributed by atoms with Crippen LogP contribution in [0.25, 0.3) is 0 Å². The average Bonchev–Trinajstić information content (AvgIpc) is 1.86. The summed E-state index contributed by atoms with van der Waals surface area (Å²) in [4.78, 5) is 21.5. The van der Waals surface area contributed by atoms with Crippen LogP contribution in [0.3, 0.4) is 0 Å². The standard InChI is InChI=1S/C8H15NO2/c1-3-4-7(10)6(2)5-8(9)11/h6H,3-5H2,1-2H3,(H2,9,11). The second-order valence-corrected chi connectivity index (χ2v) is 2.79. The molecule has 1 unspecified atom stereocenters. The summed E-state index contributed by atoms with van der Waals surface area (Å²) in [6.07, 6.45) is 1.56. The molecule has 0 aliphatic rings. The van der Waals surface area contributed by atoms with Gasteiger partial charge >= 0.3 is 0 Å². The molecule has 0 saturated carbocycles. The average molecular weight is 157 g/mol. The van der Waals surface area contributed by atoms with Gasteiger partial charge in [0.25, 0.3) is 0 Å². The Morgan fingerprint density at radius 1 is 1.45 bits per heavy atom. The van der Waals surface area contributed by atoms with Gasteiger partial charge in [-0.2, -0.15) is 0 Å². The quantitative estimate of drug-likeness (QED) is 0.643. The second kappa shape index (κ2) is 4.88. The first kappa shape index (κ1) is 10.1. The molecule has 0 fully saturated rings. The largest absolute Gasteiger partial charge is 0.370 e. The van der Waals surface area contributed by atoms with Gasteiger partial charge in [0.05, 0.1) is 0 Å². The number of carbonyl (C=O) groups is 2. The molecule has 0 bridgehead atoms. The normalized spacial score (nSPS) is 12.5. The lowest BCUT2D eigenvalue weighted by atomic mass is 9.99. The number of nitrogens with two attached hydrogens (primary N) is 1. The van der Waals surface area contributed by atoms with Crippen molar-refractivity contribution in [2.75, 3.05) is 0 Å². The predicted octanol–water partition coefficient (Wildman–Crippen LogP) is 0.867. The highest BCUT2D eigenvalue weighted by atomic mass is 16.1. The van der Waals surface area contributed by atoms with Crippen LogP contribution in [-0.4, -0.2) is 11.7 Å². The van der Waals surface area contributed by atoms with Gasteiger partial charge in [0.15, 0.2) is 0 Å². The molecule has 0 aromatic carbocycles. The Labute approximate surface area is 67.0 Å². The Morgan fingerprint density at radius 2 is 2.00 bits per heavy atom. The monoisotopic (exact) mass is 157 g/mol. The molecule has 3 heteroatoms. The van der Waals surface area contributed by atoms with Gasteiger partial charge in [0.1, 0.15) is 5.78 Å². The Kier molecular flexibility index (Phi) is 4.50. The minimum absolute atomic E-state index is 0.131. The molecule has 64 valence electrons. The first-order valence-corrected chi connectivity index (χ1v) is 3.89. The summed E-state index contributed by atoms with van der Waals surface area (Å²) in [5.41, 5.74) is 4.94. The van der Waals surface area contributed by atoms with Crippen LogP contribution in [0.1, 0.15) is 33.1 Å². The van der Waals surface area contributed by atoms with Gasteiger partial charge in [0, 0.05) is 18.8 Å². The molecule has 0 saturated heterocycles. The number of hydrogen-bond donors (Lipinski definition) is 1. The SMILES string of the molecule is CCCC(=O)C(C)CC(N)=O. The smallest absolute Gasteiger partial charge is 0.218 e. The van der Waals surface area contributed by atoms with E-state index in [1.54, 1.807) is 6.92 Å². The molecule has 2 N–H and O–H groups in total. The van der Waals surface area contributed by atoms with E-state index in [1.807, 2.05) is 6.92 Å². The van der Waals surface area contributed by atoms with E-state index in [1.165, 1.54) is 0 Å². The molecule has 3 nitrogen and oxygen atoms in total. The van der Waals surface area contributed by atoms with Crippen LogP contribution in [-0.2, 0) is 9.59 Å². The van der Waals surface area contributed by atoms with Crippen molar-refractivity contribution < 1.29 is 9.59 Å². The summed E-state index contributed by atoms with van der Waals surface area (Å²) in [5.74, 6) is -0.472. The lowest BCUT2D eigenvalue weighted by Gasteiger charge is -2.05. The maximum Gasteiger partial charge on any atom is 0.218 e. The molecule has 0 spiro atoms. The zero-order valence-corrected chi connectivity index (χ0v) is 7.09. The van der Waals surface area contributed by atoms with Gasteiger partial charge in [-0.15, -0.1) is 0 Å². The van der Waals surface area contributed by atoms with E-state index in [4.69, 9.17) is 5.73 Å². The molecule has 11 heavy (non-hydrogen) atoms. The predicted molar refractivity (Wildman–Crippen MR) is 42.9 cm³/mol. The van der Waals surface area contributed by atoms with E-state index >= 15 is 0 Å². The van der Waals surface area contributed by atoms with E-state index in [-0.39, 0.29) is 18.1 Å². The summed E-state index contributed by atoms with van der Waals surface area (Å²) >= 11 is 0. The van der Waals surface area contributed by atoms with E-state index in [0.29, 0.717) is 6.42 Å². The van der Waals surface area contributed by atoms with E-state index in [2.05, 4.69) is 0 Å². The number of primary amides is 1. The van der Waals surface area contributed by atoms with E-state index in [9.17, 15) is 9.59 Å². The third-order valence-corrected chi connectivity index (χ3v) is 1.55. The minimum atomic E-state index is -0.401. The Bertz CT molecular complexity index is 154. The van der Waals surface area contributed by atoms with Gasteiger partial charge in [-0.1, -0.05) is 13.8 Å². The summed E-state index contributed by atoms with van der Waals surface area (Å²) in [7, 11) is 0. The summed E-state index contributed by atoms with van der Waals surface area (Å²) in [5, 5.41) is 0. The molecule has 0 rings (SSSR count). The van der Waals surface area contributed by atoms with Crippen molar-refractivity contribution >= 4 is 11.7 Å². The fourth-order valence-corrected chi connectivity index (χ4v) is 0.908. The fraction of sp³-hybridized carbons (Fsp3) is 0.750. The Hall–Kier alpha value is -0.860. The van der Waals surface area contributed by atoms with Crippen molar-refractivity contribution in [1.82, 2.24) is 0 Å². The van der Waals surface area contributed by atoms with Gasteiger partial charge in [-0.25, -0.2) is 0 Å². The van der Waals surface area contributed by atoms with Crippen molar-refractivity contribution in [1.29, 1.82) is 0 Å². The first-order valence-electron chi connectivity index (χ1n) is 3.89. The molecule has 1 atom stereocenters. The number of rotatable bonds is 5. The topological polar surface area (TPSA) is 60.2 Å². The van der Waals surface area contributed by atoms with Crippen molar-refractivity contribution in [3.8, 4) is 0 Å². The first-order chi connectivity index (χ1) is 5.07. The minimum Gasteiger partial charge on any atom is -0.370 e. The van der Waals surface area contributed by atoms with Crippen molar-refractivity contribution in [2.45, 2.75) is 33.1 Å².